The normalized spacial score (nSPS) is 29.0. The summed E-state index contributed by atoms with van der Waals surface area (Å²) in [5.41, 5.74) is 5.85. The first-order chi connectivity index (χ1) is 10.3. The number of nitrogens with zero attached hydrogens (tertiary/aromatic N) is 2. The molecule has 0 spiro atoms. The maximum Gasteiger partial charge on any atom is 0.256 e. The van der Waals surface area contributed by atoms with Crippen LogP contribution in [0.1, 0.15) is 19.4 Å². The molecule has 2 amide bonds. The average molecular weight is 319 g/mol. The number of hydrogen-bond donors (Lipinski definition) is 1. The molecule has 2 heterocycles. The Morgan fingerprint density at radius 2 is 2.05 bits per heavy atom. The van der Waals surface area contributed by atoms with E-state index in [4.69, 9.17) is 5.73 Å². The molecule has 0 aliphatic carbocycles. The highest BCUT2D eigenvalue weighted by Gasteiger charge is 2.68. The third-order valence-electron chi connectivity index (χ3n) is 4.23. The summed E-state index contributed by atoms with van der Waals surface area (Å²) in [7, 11) is 1.70. The highest BCUT2D eigenvalue weighted by atomic mass is 32.2. The molecule has 1 aromatic rings. The molecular formula is C16H21N3O2S. The number of thioether (sulfide) groups is 1. The van der Waals surface area contributed by atoms with E-state index in [0.717, 1.165) is 5.56 Å². The Morgan fingerprint density at radius 3 is 2.68 bits per heavy atom. The molecule has 2 saturated heterocycles. The van der Waals surface area contributed by atoms with Gasteiger partial charge in [-0.2, -0.15) is 0 Å². The maximum absolute atomic E-state index is 12.8. The van der Waals surface area contributed by atoms with Gasteiger partial charge in [-0.25, -0.2) is 0 Å². The quantitative estimate of drug-likeness (QED) is 0.668. The Bertz CT molecular complexity index is 619. The van der Waals surface area contributed by atoms with Gasteiger partial charge in [-0.05, 0) is 19.4 Å². The summed E-state index contributed by atoms with van der Waals surface area (Å²) in [6, 6.07) is 9.69. The number of carbonyl (C=O) groups excluding carboxylic acids is 2. The molecule has 22 heavy (non-hydrogen) atoms. The largest absolute Gasteiger partial charge is 0.339 e. The molecule has 3 rings (SSSR count). The van der Waals surface area contributed by atoms with Gasteiger partial charge in [0.1, 0.15) is 5.37 Å². The second-order valence-electron chi connectivity index (χ2n) is 6.68. The number of β-lactam (4-membered cyclic amide) rings is 1. The van der Waals surface area contributed by atoms with E-state index in [2.05, 4.69) is 13.8 Å². The zero-order chi connectivity index (χ0) is 16.1. The number of amides is 2. The van der Waals surface area contributed by atoms with Crippen molar-refractivity contribution >= 4 is 23.6 Å². The van der Waals surface area contributed by atoms with Crippen LogP contribution in [0.4, 0.5) is 0 Å². The van der Waals surface area contributed by atoms with Crippen LogP contribution in [-0.4, -0.2) is 50.9 Å². The van der Waals surface area contributed by atoms with Gasteiger partial charge in [0.15, 0.2) is 0 Å². The Kier molecular flexibility index (Phi) is 3.49. The Morgan fingerprint density at radius 1 is 1.41 bits per heavy atom. The highest BCUT2D eigenvalue weighted by molar-refractivity contribution is 8.01. The van der Waals surface area contributed by atoms with Crippen molar-refractivity contribution in [3.63, 3.8) is 0 Å². The molecule has 1 aromatic carbocycles. The topological polar surface area (TPSA) is 66.6 Å². The van der Waals surface area contributed by atoms with Crippen molar-refractivity contribution in [3.8, 4) is 0 Å². The minimum atomic E-state index is -1.41. The number of rotatable bonds is 3. The minimum Gasteiger partial charge on any atom is -0.339 e. The van der Waals surface area contributed by atoms with E-state index >= 15 is 0 Å². The van der Waals surface area contributed by atoms with Crippen molar-refractivity contribution in [1.82, 2.24) is 9.80 Å². The number of carbonyl (C=O) groups is 2. The van der Waals surface area contributed by atoms with Crippen LogP contribution in [0.25, 0.3) is 0 Å². The van der Waals surface area contributed by atoms with Crippen LogP contribution in [0.5, 0.6) is 0 Å². The SMILES string of the molecule is CN(Cc1ccccc1)C(=O)C1(N)C(=O)N2CC(C)(C)SC21. The van der Waals surface area contributed by atoms with Crippen LogP contribution in [-0.2, 0) is 16.1 Å². The number of nitrogens with two attached hydrogens (primary N) is 1. The van der Waals surface area contributed by atoms with E-state index in [-0.39, 0.29) is 21.9 Å². The lowest BCUT2D eigenvalue weighted by Crippen LogP contribution is -2.80. The minimum absolute atomic E-state index is 0.0558. The number of hydrogen-bond acceptors (Lipinski definition) is 4. The van der Waals surface area contributed by atoms with Gasteiger partial charge in [-0.15, -0.1) is 11.8 Å². The zero-order valence-corrected chi connectivity index (χ0v) is 13.9. The van der Waals surface area contributed by atoms with Crippen molar-refractivity contribution in [2.24, 2.45) is 5.73 Å². The predicted molar refractivity (Wildman–Crippen MR) is 87.0 cm³/mol. The van der Waals surface area contributed by atoms with Crippen LogP contribution in [0, 0.1) is 0 Å². The fourth-order valence-electron chi connectivity index (χ4n) is 3.13. The molecule has 0 saturated carbocycles. The molecule has 2 N–H and O–H groups in total. The number of likely N-dealkylation sites (N-methyl/N-ethyl adjacent to an activating group) is 1. The Hall–Kier alpha value is -1.53. The molecule has 2 unspecified atom stereocenters. The molecule has 118 valence electrons. The monoisotopic (exact) mass is 319 g/mol. The molecule has 6 heteroatoms. The lowest BCUT2D eigenvalue weighted by molar-refractivity contribution is -0.163. The zero-order valence-electron chi connectivity index (χ0n) is 13.1. The van der Waals surface area contributed by atoms with Gasteiger partial charge in [0.2, 0.25) is 5.54 Å². The maximum atomic E-state index is 12.8. The van der Waals surface area contributed by atoms with Gasteiger partial charge in [-0.1, -0.05) is 30.3 Å². The molecule has 0 radical (unpaired) electrons. The fraction of sp³-hybridized carbons (Fsp3) is 0.500. The van der Waals surface area contributed by atoms with Gasteiger partial charge in [-0.3, -0.25) is 9.59 Å². The molecule has 0 bridgehead atoms. The molecular weight excluding hydrogens is 298 g/mol. The molecule has 0 aromatic heterocycles. The van der Waals surface area contributed by atoms with Crippen molar-refractivity contribution < 1.29 is 9.59 Å². The van der Waals surface area contributed by atoms with Gasteiger partial charge in [0, 0.05) is 24.9 Å². The second-order valence-corrected chi connectivity index (χ2v) is 8.47. The predicted octanol–water partition coefficient (Wildman–Crippen LogP) is 1.04. The first kappa shape index (κ1) is 15.4. The molecule has 2 aliphatic rings. The first-order valence-corrected chi connectivity index (χ1v) is 8.21. The van der Waals surface area contributed by atoms with Gasteiger partial charge in [0.25, 0.3) is 11.8 Å². The Balaban J connectivity index is 1.76. The molecule has 5 nitrogen and oxygen atoms in total. The van der Waals surface area contributed by atoms with Crippen LogP contribution < -0.4 is 5.73 Å². The van der Waals surface area contributed by atoms with Crippen LogP contribution in [0.15, 0.2) is 30.3 Å². The fourth-order valence-corrected chi connectivity index (χ4v) is 4.64. The number of benzene rings is 1. The summed E-state index contributed by atoms with van der Waals surface area (Å²) in [5, 5.41) is -0.249. The third-order valence-corrected chi connectivity index (χ3v) is 5.85. The van der Waals surface area contributed by atoms with E-state index in [1.807, 2.05) is 30.3 Å². The molecule has 2 aliphatic heterocycles. The standard InChI is InChI=1S/C16H21N3O2S/c1-15(2)10-19-13(21)16(17,14(19)22-15)12(20)18(3)9-11-7-5-4-6-8-11/h4-8,14H,9-10,17H2,1-3H3. The Labute approximate surface area is 134 Å². The van der Waals surface area contributed by atoms with Crippen molar-refractivity contribution in [1.29, 1.82) is 0 Å². The summed E-state index contributed by atoms with van der Waals surface area (Å²) >= 11 is 1.61. The smallest absolute Gasteiger partial charge is 0.256 e. The van der Waals surface area contributed by atoms with Gasteiger partial charge in [0.05, 0.1) is 0 Å². The highest BCUT2D eigenvalue weighted by Crippen LogP contribution is 2.50. The van der Waals surface area contributed by atoms with E-state index in [1.54, 1.807) is 28.6 Å². The molecule has 2 atom stereocenters. The number of fused-ring (bicyclic) bond motifs is 1. The lowest BCUT2D eigenvalue weighted by atomic mass is 9.87. The van der Waals surface area contributed by atoms with Crippen LogP contribution in [0.2, 0.25) is 0 Å². The molecule has 2 fully saturated rings. The van der Waals surface area contributed by atoms with Crippen molar-refractivity contribution in [2.75, 3.05) is 13.6 Å². The summed E-state index contributed by atoms with van der Waals surface area (Å²) in [5.74, 6) is -0.548. The van der Waals surface area contributed by atoms with Gasteiger partial charge >= 0.3 is 0 Å². The summed E-state index contributed by atoms with van der Waals surface area (Å²) in [6.45, 7) is 5.24. The second kappa shape index (κ2) is 4.99. The van der Waals surface area contributed by atoms with E-state index in [0.29, 0.717) is 13.1 Å². The van der Waals surface area contributed by atoms with E-state index < -0.39 is 5.54 Å². The average Bonchev–Trinajstić information content (AvgIpc) is 2.80. The van der Waals surface area contributed by atoms with Crippen LogP contribution in [0.3, 0.4) is 0 Å². The summed E-state index contributed by atoms with van der Waals surface area (Å²) in [6.07, 6.45) is 0. The van der Waals surface area contributed by atoms with E-state index in [9.17, 15) is 9.59 Å². The third kappa shape index (κ3) is 2.21. The summed E-state index contributed by atoms with van der Waals surface area (Å²) < 4.78 is -0.0558. The van der Waals surface area contributed by atoms with Crippen molar-refractivity contribution in [2.45, 2.75) is 36.1 Å². The first-order valence-electron chi connectivity index (χ1n) is 7.33. The van der Waals surface area contributed by atoms with Crippen LogP contribution >= 0.6 is 11.8 Å². The van der Waals surface area contributed by atoms with Crippen molar-refractivity contribution in [3.05, 3.63) is 35.9 Å². The van der Waals surface area contributed by atoms with Gasteiger partial charge < -0.3 is 15.5 Å². The lowest BCUT2D eigenvalue weighted by Gasteiger charge is -2.49. The summed E-state index contributed by atoms with van der Waals surface area (Å²) in [4.78, 5) is 28.4. The van der Waals surface area contributed by atoms with E-state index in [1.165, 1.54) is 0 Å².